The van der Waals surface area contributed by atoms with Crippen LogP contribution < -0.4 is 0 Å². The van der Waals surface area contributed by atoms with Crippen molar-refractivity contribution in [3.05, 3.63) is 24.3 Å². The molecule has 0 bridgehead atoms. The number of hydrogen-bond acceptors (Lipinski definition) is 5. The van der Waals surface area contributed by atoms with Gasteiger partial charge in [0.15, 0.2) is 11.0 Å². The summed E-state index contributed by atoms with van der Waals surface area (Å²) in [5, 5.41) is 23.0. The van der Waals surface area contributed by atoms with Crippen LogP contribution in [0.15, 0.2) is 29.4 Å². The van der Waals surface area contributed by atoms with E-state index in [1.54, 1.807) is 9.25 Å². The third-order valence-electron chi connectivity index (χ3n) is 3.13. The molecule has 1 N–H and O–H groups in total. The average molecular weight is 303 g/mol. The number of benzene rings is 1. The van der Waals surface area contributed by atoms with E-state index in [4.69, 9.17) is 5.11 Å². The van der Waals surface area contributed by atoms with E-state index < -0.39 is 5.97 Å². The van der Waals surface area contributed by atoms with E-state index in [1.807, 2.05) is 38.4 Å². The Balaban J connectivity index is 2.05. The summed E-state index contributed by atoms with van der Waals surface area (Å²) in [5.74, 6) is -0.304. The Bertz CT molecular complexity index is 823. The van der Waals surface area contributed by atoms with Gasteiger partial charge in [-0.25, -0.2) is 0 Å². The highest BCUT2D eigenvalue weighted by atomic mass is 32.2. The molecule has 0 saturated carbocycles. The molecule has 1 aromatic carbocycles. The monoisotopic (exact) mass is 303 g/mol. The number of fused-ring (bicyclic) bond motifs is 1. The lowest BCUT2D eigenvalue weighted by atomic mass is 10.2. The summed E-state index contributed by atoms with van der Waals surface area (Å²) in [5.41, 5.74) is 1.75. The van der Waals surface area contributed by atoms with Crippen molar-refractivity contribution < 1.29 is 9.90 Å². The first-order chi connectivity index (χ1) is 10.1. The number of aliphatic carboxylic acids is 1. The summed E-state index contributed by atoms with van der Waals surface area (Å²) < 4.78 is 3.56. The molecule has 0 spiro atoms. The van der Waals surface area contributed by atoms with E-state index in [2.05, 4.69) is 15.3 Å². The first-order valence-electron chi connectivity index (χ1n) is 6.24. The van der Waals surface area contributed by atoms with Gasteiger partial charge in [-0.2, -0.15) is 5.10 Å². The predicted octanol–water partition coefficient (Wildman–Crippen LogP) is 1.55. The fraction of sp³-hybridized carbons (Fsp3) is 0.231. The molecule has 0 atom stereocenters. The van der Waals surface area contributed by atoms with Crippen LogP contribution in [0.2, 0.25) is 0 Å². The number of carboxylic acids is 1. The quantitative estimate of drug-likeness (QED) is 0.736. The Labute approximate surface area is 124 Å². The molecule has 0 fully saturated rings. The molecule has 0 saturated heterocycles. The van der Waals surface area contributed by atoms with Crippen LogP contribution >= 0.6 is 11.8 Å². The summed E-state index contributed by atoms with van der Waals surface area (Å²) in [7, 11) is 3.69. The molecule has 0 aliphatic carbocycles. The Morgan fingerprint density at radius 3 is 2.81 bits per heavy atom. The number of thioether (sulfide) groups is 1. The van der Waals surface area contributed by atoms with Gasteiger partial charge in [0, 0.05) is 19.5 Å². The van der Waals surface area contributed by atoms with Crippen molar-refractivity contribution in [2.24, 2.45) is 14.1 Å². The average Bonchev–Trinajstić information content (AvgIpc) is 2.98. The molecule has 2 heterocycles. The highest BCUT2D eigenvalue weighted by Crippen LogP contribution is 2.28. The highest BCUT2D eigenvalue weighted by molar-refractivity contribution is 7.99. The zero-order valence-corrected chi connectivity index (χ0v) is 12.3. The normalized spacial score (nSPS) is 11.1. The van der Waals surface area contributed by atoms with Gasteiger partial charge >= 0.3 is 5.97 Å². The van der Waals surface area contributed by atoms with Gasteiger partial charge in [-0.3, -0.25) is 9.48 Å². The Kier molecular flexibility index (Phi) is 3.38. The minimum atomic E-state index is -0.882. The Morgan fingerprint density at radius 1 is 1.29 bits per heavy atom. The van der Waals surface area contributed by atoms with Gasteiger partial charge in [0.25, 0.3) is 0 Å². The SMILES string of the molecule is Cn1c(SCC(=O)O)nnc1-c1nn(C)c2ccccc12. The topological polar surface area (TPSA) is 85.8 Å². The second-order valence-electron chi connectivity index (χ2n) is 4.54. The molecule has 0 unspecified atom stereocenters. The molecule has 21 heavy (non-hydrogen) atoms. The van der Waals surface area contributed by atoms with Crippen molar-refractivity contribution in [1.29, 1.82) is 0 Å². The molecule has 0 aliphatic rings. The number of hydrogen-bond donors (Lipinski definition) is 1. The molecular formula is C13H13N5O2S. The number of nitrogens with zero attached hydrogens (tertiary/aromatic N) is 5. The number of aromatic nitrogens is 5. The number of rotatable bonds is 4. The Hall–Kier alpha value is -2.35. The smallest absolute Gasteiger partial charge is 0.313 e. The molecule has 2 aromatic heterocycles. The maximum atomic E-state index is 10.6. The fourth-order valence-electron chi connectivity index (χ4n) is 2.15. The zero-order chi connectivity index (χ0) is 15.0. The summed E-state index contributed by atoms with van der Waals surface area (Å²) >= 11 is 1.14. The van der Waals surface area contributed by atoms with Crippen LogP contribution in [0.4, 0.5) is 0 Å². The first-order valence-corrected chi connectivity index (χ1v) is 7.22. The summed E-state index contributed by atoms with van der Waals surface area (Å²) in [6.45, 7) is 0. The van der Waals surface area contributed by atoms with Crippen LogP contribution in [0.5, 0.6) is 0 Å². The fourth-order valence-corrected chi connectivity index (χ4v) is 2.78. The summed E-state index contributed by atoms with van der Waals surface area (Å²) in [4.78, 5) is 10.6. The van der Waals surface area contributed by atoms with E-state index >= 15 is 0 Å². The van der Waals surface area contributed by atoms with Crippen LogP contribution in [0.3, 0.4) is 0 Å². The number of carboxylic acid groups (broad SMARTS) is 1. The van der Waals surface area contributed by atoms with Crippen LogP contribution in [0.1, 0.15) is 0 Å². The van der Waals surface area contributed by atoms with Crippen molar-refractivity contribution in [3.63, 3.8) is 0 Å². The minimum absolute atomic E-state index is 0.0467. The van der Waals surface area contributed by atoms with E-state index in [0.29, 0.717) is 11.0 Å². The van der Waals surface area contributed by atoms with Crippen LogP contribution in [-0.2, 0) is 18.9 Å². The molecule has 7 nitrogen and oxygen atoms in total. The largest absolute Gasteiger partial charge is 0.481 e. The number of para-hydroxylation sites is 1. The molecule has 3 rings (SSSR count). The maximum absolute atomic E-state index is 10.6. The van der Waals surface area contributed by atoms with Crippen molar-refractivity contribution >= 4 is 28.6 Å². The van der Waals surface area contributed by atoms with E-state index in [9.17, 15) is 4.79 Å². The van der Waals surface area contributed by atoms with E-state index in [-0.39, 0.29) is 5.75 Å². The van der Waals surface area contributed by atoms with Gasteiger partial charge in [0.1, 0.15) is 5.69 Å². The number of carbonyl (C=O) groups is 1. The van der Waals surface area contributed by atoms with Crippen LogP contribution in [-0.4, -0.2) is 41.4 Å². The van der Waals surface area contributed by atoms with Crippen molar-refractivity contribution in [3.8, 4) is 11.5 Å². The van der Waals surface area contributed by atoms with Crippen LogP contribution in [0, 0.1) is 0 Å². The van der Waals surface area contributed by atoms with Gasteiger partial charge < -0.3 is 9.67 Å². The lowest BCUT2D eigenvalue weighted by molar-refractivity contribution is -0.133. The zero-order valence-electron chi connectivity index (χ0n) is 11.5. The molecule has 3 aromatic rings. The Morgan fingerprint density at radius 2 is 2.05 bits per heavy atom. The van der Waals surface area contributed by atoms with Crippen molar-refractivity contribution in [2.45, 2.75) is 5.16 Å². The van der Waals surface area contributed by atoms with Gasteiger partial charge in [0.05, 0.1) is 11.3 Å². The summed E-state index contributed by atoms with van der Waals surface area (Å²) in [6, 6.07) is 7.88. The molecule has 108 valence electrons. The highest BCUT2D eigenvalue weighted by Gasteiger charge is 2.18. The second-order valence-corrected chi connectivity index (χ2v) is 5.48. The van der Waals surface area contributed by atoms with Gasteiger partial charge in [-0.05, 0) is 6.07 Å². The lowest BCUT2D eigenvalue weighted by Crippen LogP contribution is -2.01. The van der Waals surface area contributed by atoms with Gasteiger partial charge in [0.2, 0.25) is 0 Å². The standard InChI is InChI=1S/C13H13N5O2S/c1-17-12(14-15-13(17)21-7-10(19)20)11-8-5-3-4-6-9(8)18(2)16-11/h3-6H,7H2,1-2H3,(H,19,20). The van der Waals surface area contributed by atoms with Gasteiger partial charge in [-0.15, -0.1) is 10.2 Å². The third-order valence-corrected chi connectivity index (χ3v) is 4.13. The molecule has 0 aliphatic heterocycles. The van der Waals surface area contributed by atoms with E-state index in [1.165, 1.54) is 0 Å². The molecule has 8 heteroatoms. The maximum Gasteiger partial charge on any atom is 0.313 e. The van der Waals surface area contributed by atoms with Gasteiger partial charge in [-0.1, -0.05) is 30.0 Å². The first kappa shape index (κ1) is 13.6. The van der Waals surface area contributed by atoms with E-state index in [0.717, 1.165) is 28.4 Å². The number of aryl methyl sites for hydroxylation is 1. The van der Waals surface area contributed by atoms with Crippen LogP contribution in [0.25, 0.3) is 22.4 Å². The predicted molar refractivity (Wildman–Crippen MR) is 79.1 cm³/mol. The second kappa shape index (κ2) is 5.21. The minimum Gasteiger partial charge on any atom is -0.481 e. The molecule has 0 radical (unpaired) electrons. The molecule has 0 amide bonds. The lowest BCUT2D eigenvalue weighted by Gasteiger charge is -2.00. The summed E-state index contributed by atoms with van der Waals surface area (Å²) in [6.07, 6.45) is 0. The van der Waals surface area contributed by atoms with Crippen molar-refractivity contribution in [1.82, 2.24) is 24.5 Å². The third kappa shape index (κ3) is 2.38. The van der Waals surface area contributed by atoms with Crippen molar-refractivity contribution in [2.75, 3.05) is 5.75 Å². The molecular weight excluding hydrogens is 290 g/mol.